The fourth-order valence-corrected chi connectivity index (χ4v) is 3.06. The molecule has 1 atom stereocenters. The van der Waals surface area contributed by atoms with Gasteiger partial charge in [0.2, 0.25) is 5.91 Å². The average Bonchev–Trinajstić information content (AvgIpc) is 2.98. The molecular formula is C19H18ClNO3. The highest BCUT2D eigenvalue weighted by Crippen LogP contribution is 2.30. The van der Waals surface area contributed by atoms with Gasteiger partial charge in [-0.2, -0.15) is 0 Å². The highest BCUT2D eigenvalue weighted by atomic mass is 35.5. The number of benzene rings is 2. The number of amides is 1. The van der Waals surface area contributed by atoms with Crippen molar-refractivity contribution in [3.8, 4) is 5.75 Å². The Hall–Kier alpha value is -2.33. The van der Waals surface area contributed by atoms with Gasteiger partial charge in [-0.3, -0.25) is 9.59 Å². The minimum Gasteiger partial charge on any atom is -0.425 e. The largest absolute Gasteiger partial charge is 0.425 e. The molecule has 1 aliphatic heterocycles. The molecule has 0 bridgehead atoms. The minimum atomic E-state index is -0.487. The standard InChI is InChI=1S/C19H18ClNO3/c1-2-13-7-3-5-9-16(13)21-12-14(11-18(21)22)19(23)24-17-10-6-4-8-15(17)20/h3-10,14H,2,11-12H2,1H3/t14-/m0/s1. The van der Waals surface area contributed by atoms with Crippen molar-refractivity contribution >= 4 is 29.2 Å². The maximum Gasteiger partial charge on any atom is 0.316 e. The van der Waals surface area contributed by atoms with E-state index in [4.69, 9.17) is 16.3 Å². The molecule has 1 amide bonds. The lowest BCUT2D eigenvalue weighted by Gasteiger charge is -2.19. The van der Waals surface area contributed by atoms with Crippen LogP contribution >= 0.6 is 11.6 Å². The lowest BCUT2D eigenvalue weighted by Crippen LogP contribution is -2.28. The van der Waals surface area contributed by atoms with Crippen LogP contribution in [0.15, 0.2) is 48.5 Å². The van der Waals surface area contributed by atoms with Crippen LogP contribution in [0.25, 0.3) is 0 Å². The van der Waals surface area contributed by atoms with Gasteiger partial charge in [0.25, 0.3) is 0 Å². The van der Waals surface area contributed by atoms with Gasteiger partial charge in [-0.15, -0.1) is 0 Å². The van der Waals surface area contributed by atoms with E-state index < -0.39 is 11.9 Å². The average molecular weight is 344 g/mol. The van der Waals surface area contributed by atoms with E-state index in [2.05, 4.69) is 0 Å². The quantitative estimate of drug-likeness (QED) is 0.625. The highest BCUT2D eigenvalue weighted by Gasteiger charge is 2.37. The van der Waals surface area contributed by atoms with Crippen molar-refractivity contribution in [2.24, 2.45) is 5.92 Å². The molecule has 0 aromatic heterocycles. The van der Waals surface area contributed by atoms with Gasteiger partial charge in [-0.1, -0.05) is 48.9 Å². The van der Waals surface area contributed by atoms with E-state index in [1.807, 2.05) is 31.2 Å². The molecule has 2 aromatic carbocycles. The Labute approximate surface area is 146 Å². The van der Waals surface area contributed by atoms with Gasteiger partial charge >= 0.3 is 5.97 Å². The maximum absolute atomic E-state index is 12.4. The summed E-state index contributed by atoms with van der Waals surface area (Å²) in [4.78, 5) is 26.4. The highest BCUT2D eigenvalue weighted by molar-refractivity contribution is 6.32. The van der Waals surface area contributed by atoms with Crippen LogP contribution in [0.5, 0.6) is 5.75 Å². The number of halogens is 1. The van der Waals surface area contributed by atoms with Crippen molar-refractivity contribution in [3.05, 3.63) is 59.1 Å². The number of rotatable bonds is 4. The van der Waals surface area contributed by atoms with Crippen LogP contribution in [-0.4, -0.2) is 18.4 Å². The van der Waals surface area contributed by atoms with Gasteiger partial charge < -0.3 is 9.64 Å². The van der Waals surface area contributed by atoms with Crippen molar-refractivity contribution < 1.29 is 14.3 Å². The zero-order valence-corrected chi connectivity index (χ0v) is 14.1. The topological polar surface area (TPSA) is 46.6 Å². The lowest BCUT2D eigenvalue weighted by atomic mass is 10.1. The van der Waals surface area contributed by atoms with E-state index in [0.29, 0.717) is 17.3 Å². The smallest absolute Gasteiger partial charge is 0.316 e. The van der Waals surface area contributed by atoms with Gasteiger partial charge in [0.1, 0.15) is 5.75 Å². The second-order valence-corrected chi connectivity index (χ2v) is 6.15. The van der Waals surface area contributed by atoms with Crippen LogP contribution in [0.4, 0.5) is 5.69 Å². The van der Waals surface area contributed by atoms with E-state index in [1.165, 1.54) is 0 Å². The molecule has 0 radical (unpaired) electrons. The summed E-state index contributed by atoms with van der Waals surface area (Å²) in [6.45, 7) is 2.38. The Morgan fingerprint density at radius 1 is 1.21 bits per heavy atom. The number of para-hydroxylation sites is 2. The summed E-state index contributed by atoms with van der Waals surface area (Å²) in [7, 11) is 0. The molecule has 1 heterocycles. The Balaban J connectivity index is 1.75. The fourth-order valence-electron chi connectivity index (χ4n) is 2.89. The first-order valence-corrected chi connectivity index (χ1v) is 8.32. The van der Waals surface area contributed by atoms with Crippen LogP contribution in [0, 0.1) is 5.92 Å². The van der Waals surface area contributed by atoms with Crippen LogP contribution in [0.1, 0.15) is 18.9 Å². The van der Waals surface area contributed by atoms with Crippen LogP contribution in [0.2, 0.25) is 5.02 Å². The van der Waals surface area contributed by atoms with Gasteiger partial charge in [-0.25, -0.2) is 0 Å². The third-order valence-electron chi connectivity index (χ3n) is 4.17. The van der Waals surface area contributed by atoms with Crippen molar-refractivity contribution in [1.29, 1.82) is 0 Å². The summed E-state index contributed by atoms with van der Waals surface area (Å²) in [5, 5.41) is 0.378. The van der Waals surface area contributed by atoms with E-state index in [1.54, 1.807) is 29.2 Å². The van der Waals surface area contributed by atoms with Crippen LogP contribution < -0.4 is 9.64 Å². The normalized spacial score (nSPS) is 17.2. The Morgan fingerprint density at radius 3 is 2.67 bits per heavy atom. The van der Waals surface area contributed by atoms with Crippen molar-refractivity contribution in [1.82, 2.24) is 0 Å². The molecule has 1 saturated heterocycles. The number of aryl methyl sites for hydroxylation is 1. The predicted molar refractivity (Wildman–Crippen MR) is 93.4 cm³/mol. The monoisotopic (exact) mass is 343 g/mol. The first kappa shape index (κ1) is 16.5. The van der Waals surface area contributed by atoms with Crippen LogP contribution in [0.3, 0.4) is 0 Å². The summed E-state index contributed by atoms with van der Waals surface area (Å²) in [6, 6.07) is 14.6. The molecule has 0 aliphatic carbocycles. The first-order valence-electron chi connectivity index (χ1n) is 7.94. The summed E-state index contributed by atoms with van der Waals surface area (Å²) < 4.78 is 5.37. The third kappa shape index (κ3) is 3.29. The number of anilines is 1. The minimum absolute atomic E-state index is 0.0583. The van der Waals surface area contributed by atoms with Gasteiger partial charge in [0.05, 0.1) is 10.9 Å². The molecule has 0 spiro atoms. The van der Waals surface area contributed by atoms with E-state index in [0.717, 1.165) is 17.7 Å². The number of ether oxygens (including phenoxy) is 1. The predicted octanol–water partition coefficient (Wildman–Crippen LogP) is 3.86. The summed E-state index contributed by atoms with van der Waals surface area (Å²) in [5.41, 5.74) is 1.96. The van der Waals surface area contributed by atoms with E-state index in [-0.39, 0.29) is 12.3 Å². The second kappa shape index (κ2) is 7.05. The first-order chi connectivity index (χ1) is 11.6. The Kier molecular flexibility index (Phi) is 4.86. The molecule has 2 aromatic rings. The van der Waals surface area contributed by atoms with E-state index in [9.17, 15) is 9.59 Å². The fraction of sp³-hybridized carbons (Fsp3) is 0.263. The maximum atomic E-state index is 12.4. The molecule has 3 rings (SSSR count). The molecule has 0 unspecified atom stereocenters. The van der Waals surface area contributed by atoms with Crippen LogP contribution in [-0.2, 0) is 16.0 Å². The van der Waals surface area contributed by atoms with Crippen molar-refractivity contribution in [2.45, 2.75) is 19.8 Å². The number of esters is 1. The van der Waals surface area contributed by atoms with Gasteiger partial charge in [0.15, 0.2) is 0 Å². The second-order valence-electron chi connectivity index (χ2n) is 5.74. The molecule has 1 aliphatic rings. The summed E-state index contributed by atoms with van der Waals surface area (Å²) in [5.74, 6) is -0.646. The Bertz CT molecular complexity index is 775. The van der Waals surface area contributed by atoms with Crippen molar-refractivity contribution in [3.63, 3.8) is 0 Å². The number of carbonyl (C=O) groups excluding carboxylic acids is 2. The molecule has 0 N–H and O–H groups in total. The van der Waals surface area contributed by atoms with Gasteiger partial charge in [0, 0.05) is 18.7 Å². The lowest BCUT2D eigenvalue weighted by molar-refractivity contribution is -0.139. The molecule has 24 heavy (non-hydrogen) atoms. The molecule has 4 nitrogen and oxygen atoms in total. The van der Waals surface area contributed by atoms with Crippen molar-refractivity contribution in [2.75, 3.05) is 11.4 Å². The molecule has 0 saturated carbocycles. The Morgan fingerprint density at radius 2 is 1.92 bits per heavy atom. The number of hydrogen-bond donors (Lipinski definition) is 0. The zero-order valence-electron chi connectivity index (χ0n) is 13.4. The molecule has 124 valence electrons. The molecule has 1 fully saturated rings. The number of hydrogen-bond acceptors (Lipinski definition) is 3. The SMILES string of the molecule is CCc1ccccc1N1C[C@@H](C(=O)Oc2ccccc2Cl)CC1=O. The number of nitrogens with zero attached hydrogens (tertiary/aromatic N) is 1. The van der Waals surface area contributed by atoms with E-state index >= 15 is 0 Å². The molecular weight excluding hydrogens is 326 g/mol. The zero-order chi connectivity index (χ0) is 17.1. The number of carbonyl (C=O) groups is 2. The summed E-state index contributed by atoms with van der Waals surface area (Å²) >= 11 is 6.01. The van der Waals surface area contributed by atoms with Gasteiger partial charge in [-0.05, 0) is 30.2 Å². The third-order valence-corrected chi connectivity index (χ3v) is 4.48. The molecule has 5 heteroatoms. The summed E-state index contributed by atoms with van der Waals surface area (Å²) in [6.07, 6.45) is 0.982.